The number of carbonyl (C=O) groups excluding carboxylic acids is 2. The maximum absolute atomic E-state index is 11.9. The van der Waals surface area contributed by atoms with Crippen LogP contribution >= 0.6 is 11.6 Å². The minimum atomic E-state index is -0.163. The molecule has 0 radical (unpaired) electrons. The van der Waals surface area contributed by atoms with Crippen molar-refractivity contribution in [3.63, 3.8) is 0 Å². The molecule has 0 atom stereocenters. The van der Waals surface area contributed by atoms with Crippen molar-refractivity contribution in [1.82, 2.24) is 15.6 Å². The largest absolute Gasteiger partial charge is 0.482 e. The van der Waals surface area contributed by atoms with Crippen molar-refractivity contribution in [3.05, 3.63) is 28.8 Å². The van der Waals surface area contributed by atoms with Gasteiger partial charge in [0.2, 0.25) is 5.91 Å². The Hall–Kier alpha value is -2.12. The van der Waals surface area contributed by atoms with Gasteiger partial charge in [-0.2, -0.15) is 5.10 Å². The van der Waals surface area contributed by atoms with Crippen molar-refractivity contribution >= 4 is 29.1 Å². The number of likely N-dealkylation sites (tertiary alicyclic amines) is 1. The molecule has 1 aromatic rings. The third-order valence-corrected chi connectivity index (χ3v) is 4.77. The number of hydrogen-bond acceptors (Lipinski definition) is 5. The van der Waals surface area contributed by atoms with Gasteiger partial charge in [-0.05, 0) is 49.7 Å². The molecule has 8 heteroatoms. The van der Waals surface area contributed by atoms with E-state index in [1.165, 1.54) is 12.8 Å². The SMILES string of the molecule is O=C(COc1ccc(C2=NNC(=O)CC2)cc1Cl)NCCN1CCCC1. The quantitative estimate of drug-likeness (QED) is 0.754. The van der Waals surface area contributed by atoms with Gasteiger partial charge in [0.1, 0.15) is 5.75 Å². The average Bonchev–Trinajstić information content (AvgIpc) is 3.15. The van der Waals surface area contributed by atoms with Gasteiger partial charge < -0.3 is 15.0 Å². The number of amides is 2. The summed E-state index contributed by atoms with van der Waals surface area (Å²) < 4.78 is 5.51. The van der Waals surface area contributed by atoms with Crippen molar-refractivity contribution < 1.29 is 14.3 Å². The maximum Gasteiger partial charge on any atom is 0.257 e. The Kier molecular flexibility index (Phi) is 6.46. The monoisotopic (exact) mass is 378 g/mol. The summed E-state index contributed by atoms with van der Waals surface area (Å²) in [5.41, 5.74) is 4.07. The van der Waals surface area contributed by atoms with Crippen LogP contribution in [0.2, 0.25) is 5.02 Å². The summed E-state index contributed by atoms with van der Waals surface area (Å²) >= 11 is 6.25. The van der Waals surface area contributed by atoms with E-state index in [2.05, 4.69) is 20.7 Å². The molecule has 2 aliphatic heterocycles. The Morgan fingerprint density at radius 1 is 1.31 bits per heavy atom. The average molecular weight is 379 g/mol. The van der Waals surface area contributed by atoms with E-state index in [1.807, 2.05) is 6.07 Å². The highest BCUT2D eigenvalue weighted by Crippen LogP contribution is 2.26. The molecule has 0 saturated carbocycles. The second kappa shape index (κ2) is 9.00. The van der Waals surface area contributed by atoms with Crippen LogP contribution < -0.4 is 15.5 Å². The van der Waals surface area contributed by atoms with Crippen LogP contribution in [0.15, 0.2) is 23.3 Å². The lowest BCUT2D eigenvalue weighted by molar-refractivity contribution is -0.123. The standard InChI is InChI=1S/C18H23ClN4O3/c19-14-11-13(15-4-6-17(24)22-21-15)3-5-16(14)26-12-18(25)20-7-10-23-8-1-2-9-23/h3,5,11H,1-2,4,6-10,12H2,(H,20,25)(H,22,24). The van der Waals surface area contributed by atoms with E-state index in [-0.39, 0.29) is 18.4 Å². The van der Waals surface area contributed by atoms with E-state index in [1.54, 1.807) is 12.1 Å². The van der Waals surface area contributed by atoms with Crippen LogP contribution in [-0.4, -0.2) is 55.2 Å². The van der Waals surface area contributed by atoms with Crippen LogP contribution in [-0.2, 0) is 9.59 Å². The van der Waals surface area contributed by atoms with Gasteiger partial charge in [0.05, 0.1) is 10.7 Å². The summed E-state index contributed by atoms with van der Waals surface area (Å²) in [5.74, 6) is 0.199. The lowest BCUT2D eigenvalue weighted by Gasteiger charge is -2.15. The number of rotatable bonds is 7. The number of ether oxygens (including phenoxy) is 1. The fourth-order valence-corrected chi connectivity index (χ4v) is 3.27. The molecule has 1 aromatic carbocycles. The molecule has 0 bridgehead atoms. The molecule has 1 saturated heterocycles. The number of hydrogen-bond donors (Lipinski definition) is 2. The van der Waals surface area contributed by atoms with E-state index >= 15 is 0 Å². The fraction of sp³-hybridized carbons (Fsp3) is 0.500. The summed E-state index contributed by atoms with van der Waals surface area (Å²) in [7, 11) is 0. The Labute approximate surface area is 157 Å². The van der Waals surface area contributed by atoms with Gasteiger partial charge in [-0.15, -0.1) is 0 Å². The first-order valence-electron chi connectivity index (χ1n) is 8.89. The first kappa shape index (κ1) is 18.7. The zero-order chi connectivity index (χ0) is 18.4. The topological polar surface area (TPSA) is 83.0 Å². The van der Waals surface area contributed by atoms with E-state index in [0.717, 1.165) is 30.9 Å². The second-order valence-electron chi connectivity index (χ2n) is 6.43. The zero-order valence-electron chi connectivity index (χ0n) is 14.6. The molecule has 0 unspecified atom stereocenters. The Balaban J connectivity index is 1.45. The summed E-state index contributed by atoms with van der Waals surface area (Å²) in [6, 6.07) is 5.27. The van der Waals surface area contributed by atoms with Gasteiger partial charge in [-0.25, -0.2) is 5.43 Å². The minimum absolute atomic E-state index is 0.0733. The number of halogens is 1. The van der Waals surface area contributed by atoms with Crippen LogP contribution in [0.3, 0.4) is 0 Å². The number of nitrogens with one attached hydrogen (secondary N) is 2. The van der Waals surface area contributed by atoms with E-state index in [4.69, 9.17) is 16.3 Å². The summed E-state index contributed by atoms with van der Waals surface area (Å²) in [5, 5.41) is 7.31. The third-order valence-electron chi connectivity index (χ3n) is 4.48. The number of carbonyl (C=O) groups is 2. The first-order chi connectivity index (χ1) is 12.6. The van der Waals surface area contributed by atoms with Gasteiger partial charge in [0.15, 0.2) is 6.61 Å². The first-order valence-corrected chi connectivity index (χ1v) is 9.27. The molecular formula is C18H23ClN4O3. The van der Waals surface area contributed by atoms with Crippen molar-refractivity contribution in [2.24, 2.45) is 5.10 Å². The van der Waals surface area contributed by atoms with Crippen molar-refractivity contribution in [2.75, 3.05) is 32.8 Å². The summed E-state index contributed by atoms with van der Waals surface area (Å²) in [6.07, 6.45) is 3.46. The van der Waals surface area contributed by atoms with Crippen LogP contribution in [0.1, 0.15) is 31.2 Å². The van der Waals surface area contributed by atoms with Gasteiger partial charge in [-0.3, -0.25) is 9.59 Å². The van der Waals surface area contributed by atoms with Gasteiger partial charge in [0.25, 0.3) is 5.91 Å². The van der Waals surface area contributed by atoms with Crippen LogP contribution in [0.25, 0.3) is 0 Å². The number of hydrazone groups is 1. The van der Waals surface area contributed by atoms with E-state index < -0.39 is 0 Å². The van der Waals surface area contributed by atoms with Crippen LogP contribution in [0.5, 0.6) is 5.75 Å². The lowest BCUT2D eigenvalue weighted by Crippen LogP contribution is -2.35. The van der Waals surface area contributed by atoms with E-state index in [0.29, 0.717) is 30.2 Å². The minimum Gasteiger partial charge on any atom is -0.482 e. The van der Waals surface area contributed by atoms with Crippen molar-refractivity contribution in [2.45, 2.75) is 25.7 Å². The van der Waals surface area contributed by atoms with Crippen molar-refractivity contribution in [1.29, 1.82) is 0 Å². The van der Waals surface area contributed by atoms with Crippen LogP contribution in [0, 0.1) is 0 Å². The molecule has 0 aliphatic carbocycles. The summed E-state index contributed by atoms with van der Waals surface area (Å²) in [6.45, 7) is 3.66. The highest BCUT2D eigenvalue weighted by atomic mass is 35.5. The normalized spacial score (nSPS) is 17.6. The van der Waals surface area contributed by atoms with Gasteiger partial charge in [0, 0.05) is 25.9 Å². The predicted molar refractivity (Wildman–Crippen MR) is 99.5 cm³/mol. The maximum atomic E-state index is 11.9. The van der Waals surface area contributed by atoms with Gasteiger partial charge >= 0.3 is 0 Å². The molecule has 3 rings (SSSR count). The molecule has 2 aliphatic rings. The van der Waals surface area contributed by atoms with Crippen LogP contribution in [0.4, 0.5) is 0 Å². The highest BCUT2D eigenvalue weighted by molar-refractivity contribution is 6.32. The Morgan fingerprint density at radius 2 is 2.12 bits per heavy atom. The smallest absolute Gasteiger partial charge is 0.257 e. The zero-order valence-corrected chi connectivity index (χ0v) is 15.3. The molecular weight excluding hydrogens is 356 g/mol. The molecule has 2 N–H and O–H groups in total. The van der Waals surface area contributed by atoms with Crippen molar-refractivity contribution in [3.8, 4) is 5.75 Å². The molecule has 0 aromatic heterocycles. The van der Waals surface area contributed by atoms with E-state index in [9.17, 15) is 9.59 Å². The second-order valence-corrected chi connectivity index (χ2v) is 6.83. The molecule has 2 amide bonds. The molecule has 7 nitrogen and oxygen atoms in total. The predicted octanol–water partition coefficient (Wildman–Crippen LogP) is 1.54. The fourth-order valence-electron chi connectivity index (χ4n) is 3.03. The molecule has 140 valence electrons. The molecule has 2 heterocycles. The lowest BCUT2D eigenvalue weighted by atomic mass is 10.0. The molecule has 0 spiro atoms. The Morgan fingerprint density at radius 3 is 2.81 bits per heavy atom. The Bertz CT molecular complexity index is 702. The highest BCUT2D eigenvalue weighted by Gasteiger charge is 2.15. The number of nitrogens with zero attached hydrogens (tertiary/aromatic N) is 2. The van der Waals surface area contributed by atoms with Gasteiger partial charge in [-0.1, -0.05) is 11.6 Å². The molecule has 1 fully saturated rings. The summed E-state index contributed by atoms with van der Waals surface area (Å²) in [4.78, 5) is 25.4. The molecule has 26 heavy (non-hydrogen) atoms. The third kappa shape index (κ3) is 5.19. The number of benzene rings is 1.